The van der Waals surface area contributed by atoms with Gasteiger partial charge in [0.2, 0.25) is 0 Å². The molecule has 2 N–H and O–H groups in total. The van der Waals surface area contributed by atoms with Gasteiger partial charge >= 0.3 is 0 Å². The fourth-order valence-electron chi connectivity index (χ4n) is 2.68. The summed E-state index contributed by atoms with van der Waals surface area (Å²) in [5.41, 5.74) is 6.19. The summed E-state index contributed by atoms with van der Waals surface area (Å²) in [6.45, 7) is 11.5. The highest BCUT2D eigenvalue weighted by Crippen LogP contribution is 2.27. The molecular weight excluding hydrogens is 184 g/mol. The van der Waals surface area contributed by atoms with E-state index in [0.717, 1.165) is 6.04 Å². The summed E-state index contributed by atoms with van der Waals surface area (Å²) in [7, 11) is 0. The third kappa shape index (κ3) is 3.76. The van der Waals surface area contributed by atoms with Crippen LogP contribution in [0.1, 0.15) is 53.4 Å². The van der Waals surface area contributed by atoms with Crippen LogP contribution in [0.4, 0.5) is 0 Å². The molecule has 2 heteroatoms. The lowest BCUT2D eigenvalue weighted by atomic mass is 9.81. The van der Waals surface area contributed by atoms with E-state index in [-0.39, 0.29) is 5.54 Å². The molecule has 0 amide bonds. The molecule has 15 heavy (non-hydrogen) atoms. The Hall–Kier alpha value is -0.0800. The highest BCUT2D eigenvalue weighted by atomic mass is 15.2. The SMILES string of the molecule is CCCC(C)N1CCC(C(C)(C)N)CC1. The molecule has 0 aromatic carbocycles. The van der Waals surface area contributed by atoms with E-state index < -0.39 is 0 Å². The molecule has 0 aromatic heterocycles. The molecular formula is C13H28N2. The minimum Gasteiger partial charge on any atom is -0.325 e. The highest BCUT2D eigenvalue weighted by Gasteiger charge is 2.30. The van der Waals surface area contributed by atoms with Crippen molar-refractivity contribution >= 4 is 0 Å². The van der Waals surface area contributed by atoms with E-state index in [1.165, 1.54) is 38.8 Å². The standard InChI is InChI=1S/C13H28N2/c1-5-6-11(2)15-9-7-12(8-10-15)13(3,4)14/h11-12H,5-10,14H2,1-4H3. The topological polar surface area (TPSA) is 29.3 Å². The van der Waals surface area contributed by atoms with Crippen molar-refractivity contribution in [3.8, 4) is 0 Å². The number of hydrogen-bond donors (Lipinski definition) is 1. The Kier molecular flexibility index (Phi) is 4.60. The first-order chi connectivity index (χ1) is 6.95. The van der Waals surface area contributed by atoms with Gasteiger partial charge in [0.15, 0.2) is 0 Å². The van der Waals surface area contributed by atoms with Gasteiger partial charge in [-0.3, -0.25) is 0 Å². The van der Waals surface area contributed by atoms with Crippen LogP contribution in [-0.4, -0.2) is 29.6 Å². The van der Waals surface area contributed by atoms with Gasteiger partial charge in [-0.15, -0.1) is 0 Å². The zero-order valence-electron chi connectivity index (χ0n) is 10.9. The van der Waals surface area contributed by atoms with Crippen molar-refractivity contribution in [1.82, 2.24) is 4.90 Å². The molecule has 90 valence electrons. The van der Waals surface area contributed by atoms with E-state index >= 15 is 0 Å². The van der Waals surface area contributed by atoms with Gasteiger partial charge in [-0.25, -0.2) is 0 Å². The summed E-state index contributed by atoms with van der Waals surface area (Å²) in [4.78, 5) is 2.63. The number of rotatable bonds is 4. The van der Waals surface area contributed by atoms with Gasteiger partial charge in [-0.2, -0.15) is 0 Å². The van der Waals surface area contributed by atoms with Gasteiger partial charge in [0, 0.05) is 11.6 Å². The van der Waals surface area contributed by atoms with Crippen molar-refractivity contribution in [2.45, 2.75) is 65.0 Å². The molecule has 1 unspecified atom stereocenters. The van der Waals surface area contributed by atoms with E-state index in [1.54, 1.807) is 0 Å². The maximum atomic E-state index is 6.17. The Morgan fingerprint density at radius 1 is 1.33 bits per heavy atom. The van der Waals surface area contributed by atoms with Crippen molar-refractivity contribution in [3.05, 3.63) is 0 Å². The third-order valence-electron chi connectivity index (χ3n) is 3.91. The Bertz CT molecular complexity index is 175. The monoisotopic (exact) mass is 212 g/mol. The van der Waals surface area contributed by atoms with Crippen molar-refractivity contribution < 1.29 is 0 Å². The Morgan fingerprint density at radius 3 is 2.27 bits per heavy atom. The van der Waals surface area contributed by atoms with Crippen LogP contribution >= 0.6 is 0 Å². The van der Waals surface area contributed by atoms with Crippen molar-refractivity contribution in [1.29, 1.82) is 0 Å². The van der Waals surface area contributed by atoms with E-state index in [9.17, 15) is 0 Å². The smallest absolute Gasteiger partial charge is 0.0126 e. The van der Waals surface area contributed by atoms with Crippen molar-refractivity contribution in [3.63, 3.8) is 0 Å². The third-order valence-corrected chi connectivity index (χ3v) is 3.91. The molecule has 1 aliphatic heterocycles. The molecule has 0 aliphatic carbocycles. The highest BCUT2D eigenvalue weighted by molar-refractivity contribution is 4.87. The van der Waals surface area contributed by atoms with Gasteiger partial charge in [0.05, 0.1) is 0 Å². The predicted molar refractivity (Wildman–Crippen MR) is 66.9 cm³/mol. The Labute approximate surface area is 95.2 Å². The first kappa shape index (κ1) is 13.0. The lowest BCUT2D eigenvalue weighted by Gasteiger charge is -2.41. The fourth-order valence-corrected chi connectivity index (χ4v) is 2.68. The molecule has 1 fully saturated rings. The van der Waals surface area contributed by atoms with Crippen LogP contribution in [0.15, 0.2) is 0 Å². The molecule has 0 aromatic rings. The number of nitrogens with zero attached hydrogens (tertiary/aromatic N) is 1. The zero-order valence-corrected chi connectivity index (χ0v) is 10.9. The first-order valence-electron chi connectivity index (χ1n) is 6.48. The van der Waals surface area contributed by atoms with Crippen LogP contribution in [-0.2, 0) is 0 Å². The normalized spacial score (nSPS) is 23.0. The summed E-state index contributed by atoms with van der Waals surface area (Å²) in [5, 5.41) is 0. The number of nitrogens with two attached hydrogens (primary N) is 1. The van der Waals surface area contributed by atoms with Crippen LogP contribution < -0.4 is 5.73 Å². The summed E-state index contributed by atoms with van der Waals surface area (Å²) in [5.74, 6) is 0.711. The van der Waals surface area contributed by atoms with Crippen LogP contribution in [0, 0.1) is 5.92 Å². The summed E-state index contributed by atoms with van der Waals surface area (Å²) in [6, 6.07) is 0.761. The van der Waals surface area contributed by atoms with Crippen molar-refractivity contribution in [2.24, 2.45) is 11.7 Å². The molecule has 1 aliphatic rings. The average molecular weight is 212 g/mol. The first-order valence-corrected chi connectivity index (χ1v) is 6.48. The minimum absolute atomic E-state index is 0.0140. The number of likely N-dealkylation sites (tertiary alicyclic amines) is 1. The van der Waals surface area contributed by atoms with Crippen LogP contribution in [0.5, 0.6) is 0 Å². The molecule has 0 spiro atoms. The molecule has 0 radical (unpaired) electrons. The summed E-state index contributed by atoms with van der Waals surface area (Å²) >= 11 is 0. The molecule has 1 heterocycles. The fraction of sp³-hybridized carbons (Fsp3) is 1.00. The zero-order chi connectivity index (χ0) is 11.5. The number of piperidine rings is 1. The maximum Gasteiger partial charge on any atom is 0.0126 e. The van der Waals surface area contributed by atoms with E-state index in [1.807, 2.05) is 0 Å². The molecule has 1 saturated heterocycles. The minimum atomic E-state index is 0.0140. The number of hydrogen-bond acceptors (Lipinski definition) is 2. The van der Waals surface area contributed by atoms with E-state index in [4.69, 9.17) is 5.73 Å². The van der Waals surface area contributed by atoms with Crippen LogP contribution in [0.25, 0.3) is 0 Å². The van der Waals surface area contributed by atoms with E-state index in [0.29, 0.717) is 5.92 Å². The second-order valence-corrected chi connectivity index (χ2v) is 5.77. The summed E-state index contributed by atoms with van der Waals surface area (Å²) in [6.07, 6.45) is 5.18. The largest absolute Gasteiger partial charge is 0.325 e. The second-order valence-electron chi connectivity index (χ2n) is 5.77. The molecule has 1 rings (SSSR count). The lowest BCUT2D eigenvalue weighted by Crippen LogP contribution is -2.48. The Morgan fingerprint density at radius 2 is 1.87 bits per heavy atom. The van der Waals surface area contributed by atoms with Crippen molar-refractivity contribution in [2.75, 3.05) is 13.1 Å². The molecule has 1 atom stereocenters. The quantitative estimate of drug-likeness (QED) is 0.776. The van der Waals surface area contributed by atoms with Gasteiger partial charge < -0.3 is 10.6 Å². The predicted octanol–water partition coefficient (Wildman–Crippen LogP) is 2.62. The molecule has 0 bridgehead atoms. The Balaban J connectivity index is 2.36. The maximum absolute atomic E-state index is 6.17. The van der Waals surface area contributed by atoms with Gasteiger partial charge in [-0.1, -0.05) is 13.3 Å². The summed E-state index contributed by atoms with van der Waals surface area (Å²) < 4.78 is 0. The molecule has 2 nitrogen and oxygen atoms in total. The average Bonchev–Trinajstić information content (AvgIpc) is 2.17. The van der Waals surface area contributed by atoms with E-state index in [2.05, 4.69) is 32.6 Å². The lowest BCUT2D eigenvalue weighted by molar-refractivity contribution is 0.107. The van der Waals surface area contributed by atoms with Crippen LogP contribution in [0.2, 0.25) is 0 Å². The second kappa shape index (κ2) is 5.31. The molecule has 0 saturated carbocycles. The van der Waals surface area contributed by atoms with Gasteiger partial charge in [0.25, 0.3) is 0 Å². The van der Waals surface area contributed by atoms with Gasteiger partial charge in [-0.05, 0) is 59.0 Å². The van der Waals surface area contributed by atoms with Gasteiger partial charge in [0.1, 0.15) is 0 Å². The van der Waals surface area contributed by atoms with Crippen LogP contribution in [0.3, 0.4) is 0 Å².